The van der Waals surface area contributed by atoms with Crippen molar-refractivity contribution in [1.29, 1.82) is 0 Å². The van der Waals surface area contributed by atoms with Gasteiger partial charge >= 0.3 is 0 Å². The van der Waals surface area contributed by atoms with Gasteiger partial charge < -0.3 is 15.0 Å². The molecule has 1 aliphatic carbocycles. The molecule has 0 heterocycles. The van der Waals surface area contributed by atoms with Crippen LogP contribution >= 0.6 is 0 Å². The number of amides is 2. The normalized spacial score (nSPS) is 14.9. The van der Waals surface area contributed by atoms with Crippen LogP contribution in [0.5, 0.6) is 5.75 Å². The van der Waals surface area contributed by atoms with Crippen LogP contribution in [-0.2, 0) is 4.79 Å². The summed E-state index contributed by atoms with van der Waals surface area (Å²) in [4.78, 5) is 27.5. The summed E-state index contributed by atoms with van der Waals surface area (Å²) in [5.74, 6) is 1.18. The quantitative estimate of drug-likeness (QED) is 0.747. The van der Waals surface area contributed by atoms with Crippen LogP contribution in [0.1, 0.15) is 50.4 Å². The minimum absolute atomic E-state index is 0.0330. The van der Waals surface area contributed by atoms with Crippen molar-refractivity contribution < 1.29 is 14.3 Å². The van der Waals surface area contributed by atoms with E-state index < -0.39 is 6.04 Å². The molecule has 2 amide bonds. The summed E-state index contributed by atoms with van der Waals surface area (Å²) in [6, 6.07) is 6.42. The minimum atomic E-state index is -0.500. The molecule has 0 radical (unpaired) electrons. The zero-order valence-corrected chi connectivity index (χ0v) is 15.7. The third-order valence-electron chi connectivity index (χ3n) is 4.55. The number of nitrogens with one attached hydrogen (secondary N) is 1. The van der Waals surface area contributed by atoms with Crippen molar-refractivity contribution in [1.82, 2.24) is 10.2 Å². The molecule has 1 N–H and O–H groups in total. The number of carbonyl (C=O) groups excluding carboxylic acids is 2. The number of carbonyl (C=O) groups is 2. The molecule has 0 aliphatic heterocycles. The van der Waals surface area contributed by atoms with Crippen LogP contribution in [0.2, 0.25) is 0 Å². The van der Waals surface area contributed by atoms with Gasteiger partial charge in [0.2, 0.25) is 5.91 Å². The first kappa shape index (κ1) is 19.3. The van der Waals surface area contributed by atoms with Crippen LogP contribution in [0.25, 0.3) is 0 Å². The summed E-state index contributed by atoms with van der Waals surface area (Å²) >= 11 is 0. The SMILES string of the molecule is CCCN(CC1CC1)C(=O)[C@@H](NC(=O)c1ccc(OC)cc1)C(C)C. The van der Waals surface area contributed by atoms with Crippen molar-refractivity contribution in [3.63, 3.8) is 0 Å². The second-order valence-corrected chi connectivity index (χ2v) is 7.15. The molecule has 1 aromatic carbocycles. The monoisotopic (exact) mass is 346 g/mol. The highest BCUT2D eigenvalue weighted by Gasteiger charge is 2.32. The van der Waals surface area contributed by atoms with Crippen LogP contribution < -0.4 is 10.1 Å². The van der Waals surface area contributed by atoms with Crippen molar-refractivity contribution in [2.75, 3.05) is 20.2 Å². The Morgan fingerprint density at radius 1 is 1.24 bits per heavy atom. The van der Waals surface area contributed by atoms with Crippen molar-refractivity contribution in [3.8, 4) is 5.75 Å². The largest absolute Gasteiger partial charge is 0.497 e. The lowest BCUT2D eigenvalue weighted by Crippen LogP contribution is -2.51. The van der Waals surface area contributed by atoms with Crippen LogP contribution in [0, 0.1) is 11.8 Å². The smallest absolute Gasteiger partial charge is 0.251 e. The maximum absolute atomic E-state index is 13.0. The number of hydrogen-bond donors (Lipinski definition) is 1. The molecule has 0 saturated heterocycles. The summed E-state index contributed by atoms with van der Waals surface area (Å²) in [7, 11) is 1.59. The Kier molecular flexibility index (Phi) is 6.85. The fourth-order valence-electron chi connectivity index (χ4n) is 2.85. The molecule has 0 spiro atoms. The Morgan fingerprint density at radius 2 is 1.88 bits per heavy atom. The Bertz CT molecular complexity index is 579. The van der Waals surface area contributed by atoms with Gasteiger partial charge in [-0.25, -0.2) is 0 Å². The van der Waals surface area contributed by atoms with Gasteiger partial charge in [-0.1, -0.05) is 20.8 Å². The van der Waals surface area contributed by atoms with Gasteiger partial charge in [-0.15, -0.1) is 0 Å². The number of nitrogens with zero attached hydrogens (tertiary/aromatic N) is 1. The zero-order chi connectivity index (χ0) is 18.4. The molecule has 2 rings (SSSR count). The third-order valence-corrected chi connectivity index (χ3v) is 4.55. The fraction of sp³-hybridized carbons (Fsp3) is 0.600. The first-order chi connectivity index (χ1) is 12.0. The molecular weight excluding hydrogens is 316 g/mol. The molecule has 1 fully saturated rings. The van der Waals surface area contributed by atoms with E-state index in [-0.39, 0.29) is 17.7 Å². The molecule has 138 valence electrons. The highest BCUT2D eigenvalue weighted by Crippen LogP contribution is 2.30. The number of ether oxygens (including phenoxy) is 1. The average Bonchev–Trinajstić information content (AvgIpc) is 3.42. The predicted molar refractivity (Wildman–Crippen MR) is 98.7 cm³/mol. The van der Waals surface area contributed by atoms with Gasteiger partial charge in [0.05, 0.1) is 7.11 Å². The molecule has 0 aromatic heterocycles. The Labute approximate surface area is 150 Å². The van der Waals surface area contributed by atoms with Gasteiger partial charge in [0.1, 0.15) is 11.8 Å². The standard InChI is InChI=1S/C20H30N2O3/c1-5-12-22(13-15-6-7-15)20(24)18(14(2)3)21-19(23)16-8-10-17(25-4)11-9-16/h8-11,14-15,18H,5-7,12-13H2,1-4H3,(H,21,23)/t18-/m0/s1. The summed E-state index contributed by atoms with van der Waals surface area (Å²) in [6.07, 6.45) is 3.34. The summed E-state index contributed by atoms with van der Waals surface area (Å²) < 4.78 is 5.12. The Balaban J connectivity index is 2.06. The van der Waals surface area contributed by atoms with Gasteiger partial charge in [0, 0.05) is 18.7 Å². The summed E-state index contributed by atoms with van der Waals surface area (Å²) in [5, 5.41) is 2.93. The number of methoxy groups -OCH3 is 1. The van der Waals surface area contributed by atoms with E-state index in [1.807, 2.05) is 18.7 Å². The molecule has 1 aliphatic rings. The summed E-state index contributed by atoms with van der Waals surface area (Å²) in [5.41, 5.74) is 0.531. The topological polar surface area (TPSA) is 58.6 Å². The van der Waals surface area contributed by atoms with Crippen LogP contribution in [0.4, 0.5) is 0 Å². The second kappa shape index (κ2) is 8.88. The molecule has 5 nitrogen and oxygen atoms in total. The predicted octanol–water partition coefficient (Wildman–Crippen LogP) is 3.10. The molecule has 1 atom stereocenters. The van der Waals surface area contributed by atoms with Gasteiger partial charge in [0.25, 0.3) is 5.91 Å². The van der Waals surface area contributed by atoms with Gasteiger partial charge in [-0.05, 0) is 55.4 Å². The lowest BCUT2D eigenvalue weighted by atomic mass is 10.0. The second-order valence-electron chi connectivity index (χ2n) is 7.15. The van der Waals surface area contributed by atoms with Crippen LogP contribution in [-0.4, -0.2) is 43.0 Å². The highest BCUT2D eigenvalue weighted by molar-refractivity contribution is 5.97. The van der Waals surface area contributed by atoms with E-state index in [0.29, 0.717) is 17.2 Å². The maximum atomic E-state index is 13.0. The fourth-order valence-corrected chi connectivity index (χ4v) is 2.85. The van der Waals surface area contributed by atoms with E-state index in [4.69, 9.17) is 4.74 Å². The maximum Gasteiger partial charge on any atom is 0.251 e. The molecular formula is C20H30N2O3. The molecule has 1 aromatic rings. The lowest BCUT2D eigenvalue weighted by molar-refractivity contribution is -0.134. The van der Waals surface area contributed by atoms with E-state index in [1.54, 1.807) is 31.4 Å². The van der Waals surface area contributed by atoms with Crippen LogP contribution in [0.15, 0.2) is 24.3 Å². The molecule has 0 bridgehead atoms. The molecule has 5 heteroatoms. The van der Waals surface area contributed by atoms with Crippen LogP contribution in [0.3, 0.4) is 0 Å². The van der Waals surface area contributed by atoms with Gasteiger partial charge in [0.15, 0.2) is 0 Å². The Hall–Kier alpha value is -2.04. The average molecular weight is 346 g/mol. The van der Waals surface area contributed by atoms with Crippen molar-refractivity contribution >= 4 is 11.8 Å². The van der Waals surface area contributed by atoms with Crippen molar-refractivity contribution in [2.45, 2.75) is 46.1 Å². The summed E-state index contributed by atoms with van der Waals surface area (Å²) in [6.45, 7) is 7.58. The lowest BCUT2D eigenvalue weighted by Gasteiger charge is -2.30. The highest BCUT2D eigenvalue weighted by atomic mass is 16.5. The minimum Gasteiger partial charge on any atom is -0.497 e. The van der Waals surface area contributed by atoms with E-state index >= 15 is 0 Å². The van der Waals surface area contributed by atoms with E-state index in [1.165, 1.54) is 12.8 Å². The third kappa shape index (κ3) is 5.48. The molecule has 0 unspecified atom stereocenters. The Morgan fingerprint density at radius 3 is 2.36 bits per heavy atom. The molecule has 25 heavy (non-hydrogen) atoms. The van der Waals surface area contributed by atoms with Crippen molar-refractivity contribution in [3.05, 3.63) is 29.8 Å². The zero-order valence-electron chi connectivity index (χ0n) is 15.7. The molecule has 1 saturated carbocycles. The first-order valence-electron chi connectivity index (χ1n) is 9.20. The van der Waals surface area contributed by atoms with Gasteiger partial charge in [-0.2, -0.15) is 0 Å². The number of rotatable bonds is 9. The number of hydrogen-bond acceptors (Lipinski definition) is 3. The van der Waals surface area contributed by atoms with E-state index in [9.17, 15) is 9.59 Å². The van der Waals surface area contributed by atoms with E-state index in [0.717, 1.165) is 19.5 Å². The number of benzene rings is 1. The van der Waals surface area contributed by atoms with E-state index in [2.05, 4.69) is 12.2 Å². The van der Waals surface area contributed by atoms with Gasteiger partial charge in [-0.3, -0.25) is 9.59 Å². The van der Waals surface area contributed by atoms with Crippen molar-refractivity contribution in [2.24, 2.45) is 11.8 Å². The first-order valence-corrected chi connectivity index (χ1v) is 9.20.